The Kier molecular flexibility index (Phi) is 4.33. The Morgan fingerprint density at radius 3 is 2.93 bits per heavy atom. The van der Waals surface area contributed by atoms with Crippen LogP contribution in [0.15, 0.2) is 16.5 Å². The van der Waals surface area contributed by atoms with E-state index in [0.29, 0.717) is 18.9 Å². The molecule has 1 aromatic rings. The monoisotopic (exact) mass is 213 g/mol. The number of methoxy groups -OCH3 is 1. The van der Waals surface area contributed by atoms with Crippen LogP contribution in [0.3, 0.4) is 0 Å². The zero-order valence-electron chi connectivity index (χ0n) is 8.86. The number of nitrogens with two attached hydrogens (primary N) is 1. The highest BCUT2D eigenvalue weighted by molar-refractivity contribution is 5.86. The molecular formula is C10H15NO4. The van der Waals surface area contributed by atoms with Gasteiger partial charge in [0.1, 0.15) is 12.4 Å². The normalized spacial score (nSPS) is 12.5. The third kappa shape index (κ3) is 3.38. The van der Waals surface area contributed by atoms with Gasteiger partial charge in [0, 0.05) is 6.54 Å². The van der Waals surface area contributed by atoms with E-state index in [1.807, 2.05) is 6.92 Å². The van der Waals surface area contributed by atoms with Gasteiger partial charge in [0.25, 0.3) is 0 Å². The van der Waals surface area contributed by atoms with Gasteiger partial charge < -0.3 is 19.6 Å². The third-order valence-electron chi connectivity index (χ3n) is 1.89. The molecule has 0 fully saturated rings. The molecule has 0 bridgehead atoms. The van der Waals surface area contributed by atoms with Crippen molar-refractivity contribution in [2.75, 3.05) is 13.7 Å². The van der Waals surface area contributed by atoms with Gasteiger partial charge >= 0.3 is 5.97 Å². The average molecular weight is 213 g/mol. The van der Waals surface area contributed by atoms with Crippen molar-refractivity contribution in [2.45, 2.75) is 19.6 Å². The van der Waals surface area contributed by atoms with Crippen molar-refractivity contribution in [3.05, 3.63) is 23.7 Å². The summed E-state index contributed by atoms with van der Waals surface area (Å²) in [5.74, 6) is 0.264. The molecule has 1 atom stereocenters. The van der Waals surface area contributed by atoms with E-state index in [-0.39, 0.29) is 11.9 Å². The van der Waals surface area contributed by atoms with E-state index in [2.05, 4.69) is 4.74 Å². The highest BCUT2D eigenvalue weighted by Crippen LogP contribution is 2.10. The molecule has 5 nitrogen and oxygen atoms in total. The first-order valence-corrected chi connectivity index (χ1v) is 4.66. The van der Waals surface area contributed by atoms with Crippen molar-refractivity contribution in [1.82, 2.24) is 0 Å². The first kappa shape index (κ1) is 11.7. The number of hydrogen-bond donors (Lipinski definition) is 1. The van der Waals surface area contributed by atoms with Crippen LogP contribution in [-0.2, 0) is 16.1 Å². The average Bonchev–Trinajstić information content (AvgIpc) is 2.73. The number of hydrogen-bond acceptors (Lipinski definition) is 5. The van der Waals surface area contributed by atoms with Crippen LogP contribution in [0.4, 0.5) is 0 Å². The van der Waals surface area contributed by atoms with E-state index in [0.717, 1.165) is 0 Å². The van der Waals surface area contributed by atoms with Gasteiger partial charge in [-0.3, -0.25) is 0 Å². The zero-order valence-corrected chi connectivity index (χ0v) is 8.86. The van der Waals surface area contributed by atoms with Crippen LogP contribution >= 0.6 is 0 Å². The Labute approximate surface area is 88.1 Å². The van der Waals surface area contributed by atoms with E-state index < -0.39 is 5.97 Å². The smallest absolute Gasteiger partial charge is 0.373 e. The van der Waals surface area contributed by atoms with Crippen molar-refractivity contribution in [2.24, 2.45) is 5.73 Å². The van der Waals surface area contributed by atoms with Crippen molar-refractivity contribution in [1.29, 1.82) is 0 Å². The van der Waals surface area contributed by atoms with Crippen LogP contribution in [0.2, 0.25) is 0 Å². The Morgan fingerprint density at radius 2 is 2.33 bits per heavy atom. The van der Waals surface area contributed by atoms with Crippen LogP contribution in [0.1, 0.15) is 23.2 Å². The molecule has 1 rings (SSSR count). The van der Waals surface area contributed by atoms with Crippen molar-refractivity contribution < 1.29 is 18.7 Å². The molecule has 1 heterocycles. The molecule has 0 radical (unpaired) electrons. The second kappa shape index (κ2) is 5.53. The van der Waals surface area contributed by atoms with Gasteiger partial charge in [0.05, 0.1) is 13.2 Å². The molecule has 0 amide bonds. The fourth-order valence-electron chi connectivity index (χ4n) is 0.958. The first-order chi connectivity index (χ1) is 7.17. The van der Waals surface area contributed by atoms with E-state index >= 15 is 0 Å². The molecule has 0 spiro atoms. The number of esters is 1. The Morgan fingerprint density at radius 1 is 1.60 bits per heavy atom. The van der Waals surface area contributed by atoms with Gasteiger partial charge in [-0.2, -0.15) is 0 Å². The minimum atomic E-state index is -0.492. The topological polar surface area (TPSA) is 74.7 Å². The maximum Gasteiger partial charge on any atom is 0.373 e. The molecule has 0 saturated carbocycles. The van der Waals surface area contributed by atoms with Gasteiger partial charge in [-0.15, -0.1) is 0 Å². The van der Waals surface area contributed by atoms with Crippen molar-refractivity contribution >= 4 is 5.97 Å². The molecule has 5 heteroatoms. The molecular weight excluding hydrogens is 198 g/mol. The molecule has 0 aliphatic carbocycles. The number of carbonyl (C=O) groups is 1. The minimum absolute atomic E-state index is 0.0309. The summed E-state index contributed by atoms with van der Waals surface area (Å²) in [5.41, 5.74) is 5.38. The fraction of sp³-hybridized carbons (Fsp3) is 0.500. The van der Waals surface area contributed by atoms with E-state index in [4.69, 9.17) is 14.9 Å². The second-order valence-corrected chi connectivity index (χ2v) is 3.11. The lowest BCUT2D eigenvalue weighted by atomic mass is 10.4. The summed E-state index contributed by atoms with van der Waals surface area (Å²) >= 11 is 0. The molecule has 84 valence electrons. The van der Waals surface area contributed by atoms with Gasteiger partial charge in [0.2, 0.25) is 5.76 Å². The third-order valence-corrected chi connectivity index (χ3v) is 1.89. The highest BCUT2D eigenvalue weighted by atomic mass is 16.5. The second-order valence-electron chi connectivity index (χ2n) is 3.11. The largest absolute Gasteiger partial charge is 0.463 e. The highest BCUT2D eigenvalue weighted by Gasteiger charge is 2.11. The molecule has 0 aliphatic rings. The van der Waals surface area contributed by atoms with E-state index in [9.17, 15) is 4.79 Å². The maximum atomic E-state index is 11.0. The molecule has 0 aromatic carbocycles. The van der Waals surface area contributed by atoms with Crippen molar-refractivity contribution in [3.8, 4) is 0 Å². The van der Waals surface area contributed by atoms with Gasteiger partial charge in [-0.25, -0.2) is 4.79 Å². The van der Waals surface area contributed by atoms with Gasteiger partial charge in [-0.05, 0) is 19.1 Å². The van der Waals surface area contributed by atoms with Gasteiger partial charge in [-0.1, -0.05) is 0 Å². The maximum absolute atomic E-state index is 11.0. The number of rotatable bonds is 5. The molecule has 2 N–H and O–H groups in total. The fourth-order valence-corrected chi connectivity index (χ4v) is 0.958. The number of furan rings is 1. The summed E-state index contributed by atoms with van der Waals surface area (Å²) in [6.45, 7) is 2.62. The summed E-state index contributed by atoms with van der Waals surface area (Å²) in [6, 6.07) is 3.23. The Bertz CT molecular complexity index is 321. The molecule has 15 heavy (non-hydrogen) atoms. The van der Waals surface area contributed by atoms with Crippen LogP contribution in [-0.4, -0.2) is 25.7 Å². The SMILES string of the molecule is COC(=O)c1ccc(COC(C)CN)o1. The number of ether oxygens (including phenoxy) is 2. The summed E-state index contributed by atoms with van der Waals surface area (Å²) in [4.78, 5) is 11.0. The Balaban J connectivity index is 2.49. The van der Waals surface area contributed by atoms with Gasteiger partial charge in [0.15, 0.2) is 0 Å². The quantitative estimate of drug-likeness (QED) is 0.736. The van der Waals surface area contributed by atoms with E-state index in [1.54, 1.807) is 12.1 Å². The lowest BCUT2D eigenvalue weighted by Gasteiger charge is -2.07. The summed E-state index contributed by atoms with van der Waals surface area (Å²) in [6.07, 6.45) is -0.0309. The lowest BCUT2D eigenvalue weighted by Crippen LogP contribution is -2.19. The Hall–Kier alpha value is -1.33. The summed E-state index contributed by atoms with van der Waals surface area (Å²) in [5, 5.41) is 0. The van der Waals surface area contributed by atoms with E-state index in [1.165, 1.54) is 7.11 Å². The predicted molar refractivity (Wildman–Crippen MR) is 53.4 cm³/mol. The number of carbonyl (C=O) groups excluding carboxylic acids is 1. The summed E-state index contributed by atoms with van der Waals surface area (Å²) < 4.78 is 15.0. The summed E-state index contributed by atoms with van der Waals surface area (Å²) in [7, 11) is 1.30. The van der Waals surface area contributed by atoms with Crippen LogP contribution in [0.25, 0.3) is 0 Å². The first-order valence-electron chi connectivity index (χ1n) is 4.66. The molecule has 0 saturated heterocycles. The molecule has 1 unspecified atom stereocenters. The lowest BCUT2D eigenvalue weighted by molar-refractivity contribution is 0.0442. The van der Waals surface area contributed by atoms with Crippen LogP contribution in [0.5, 0.6) is 0 Å². The minimum Gasteiger partial charge on any atom is -0.463 e. The van der Waals surface area contributed by atoms with Crippen LogP contribution < -0.4 is 5.73 Å². The zero-order chi connectivity index (χ0) is 11.3. The van der Waals surface area contributed by atoms with Crippen LogP contribution in [0, 0.1) is 0 Å². The standard InChI is InChI=1S/C10H15NO4/c1-7(5-11)14-6-8-3-4-9(15-8)10(12)13-2/h3-4,7H,5-6,11H2,1-2H3. The van der Waals surface area contributed by atoms with Crippen molar-refractivity contribution in [3.63, 3.8) is 0 Å². The molecule has 0 aliphatic heterocycles. The predicted octanol–water partition coefficient (Wildman–Crippen LogP) is 0.930. The molecule has 1 aromatic heterocycles.